The lowest BCUT2D eigenvalue weighted by Gasteiger charge is -2.19. The number of carbonyl (C=O) groups excluding carboxylic acids is 2. The van der Waals surface area contributed by atoms with Crippen molar-refractivity contribution in [2.75, 3.05) is 0 Å². The molecular weight excluding hydrogens is 382 g/mol. The minimum absolute atomic E-state index is 0.320. The standard InChI is InChI=1S/C12H8FIN2O2S/c1-12(10(17)15-11(18)16-12)9-8(14)6-4-5(13)2-3-7(6)19-9/h2-4H,1H3,(H2,15,16,17,18)/t12-/m0/s1. The first-order valence-corrected chi connectivity index (χ1v) is 7.33. The van der Waals surface area contributed by atoms with E-state index in [-0.39, 0.29) is 11.7 Å². The zero-order valence-electron chi connectivity index (χ0n) is 9.71. The van der Waals surface area contributed by atoms with Crippen LogP contribution in [0.5, 0.6) is 0 Å². The van der Waals surface area contributed by atoms with E-state index < -0.39 is 11.6 Å². The summed E-state index contributed by atoms with van der Waals surface area (Å²) in [5.74, 6) is -0.706. The van der Waals surface area contributed by atoms with Crippen LogP contribution in [0.2, 0.25) is 0 Å². The molecule has 1 aliphatic heterocycles. The third-order valence-electron chi connectivity index (χ3n) is 3.09. The number of carbonyl (C=O) groups is 2. The Labute approximate surface area is 125 Å². The summed E-state index contributed by atoms with van der Waals surface area (Å²) < 4.78 is 15.0. The summed E-state index contributed by atoms with van der Waals surface area (Å²) >= 11 is 3.46. The van der Waals surface area contributed by atoms with Gasteiger partial charge in [0.15, 0.2) is 5.54 Å². The van der Waals surface area contributed by atoms with E-state index in [1.54, 1.807) is 13.0 Å². The molecule has 1 saturated heterocycles. The molecule has 0 unspecified atom stereocenters. The first kappa shape index (κ1) is 12.8. The van der Waals surface area contributed by atoms with Crippen molar-refractivity contribution in [3.63, 3.8) is 0 Å². The molecule has 4 nitrogen and oxygen atoms in total. The van der Waals surface area contributed by atoms with Crippen LogP contribution in [0.3, 0.4) is 0 Å². The molecule has 0 bridgehead atoms. The quantitative estimate of drug-likeness (QED) is 0.581. The van der Waals surface area contributed by atoms with E-state index >= 15 is 0 Å². The van der Waals surface area contributed by atoms with Crippen LogP contribution in [0.1, 0.15) is 11.8 Å². The molecule has 2 heterocycles. The average Bonchev–Trinajstić information content (AvgIpc) is 2.79. The van der Waals surface area contributed by atoms with Gasteiger partial charge in [0.05, 0.1) is 4.88 Å². The van der Waals surface area contributed by atoms with Gasteiger partial charge in [0, 0.05) is 13.7 Å². The van der Waals surface area contributed by atoms with Crippen molar-refractivity contribution in [3.8, 4) is 0 Å². The Balaban J connectivity index is 2.23. The van der Waals surface area contributed by atoms with Crippen molar-refractivity contribution >= 4 is 56.0 Å². The topological polar surface area (TPSA) is 58.2 Å². The van der Waals surface area contributed by atoms with Gasteiger partial charge in [0.25, 0.3) is 5.91 Å². The van der Waals surface area contributed by atoms with Gasteiger partial charge in [-0.2, -0.15) is 0 Å². The summed E-state index contributed by atoms with van der Waals surface area (Å²) in [6.07, 6.45) is 0. The van der Waals surface area contributed by atoms with Crippen LogP contribution < -0.4 is 10.6 Å². The van der Waals surface area contributed by atoms with Gasteiger partial charge in [-0.3, -0.25) is 10.1 Å². The largest absolute Gasteiger partial charge is 0.322 e. The van der Waals surface area contributed by atoms with Crippen molar-refractivity contribution in [2.45, 2.75) is 12.5 Å². The number of amides is 3. The van der Waals surface area contributed by atoms with Crippen molar-refractivity contribution in [2.24, 2.45) is 0 Å². The van der Waals surface area contributed by atoms with Gasteiger partial charge in [-0.05, 0) is 47.7 Å². The molecule has 3 amide bonds. The Bertz CT molecular complexity index is 730. The summed E-state index contributed by atoms with van der Waals surface area (Å²) in [6.45, 7) is 1.65. The van der Waals surface area contributed by atoms with Crippen LogP contribution in [0.25, 0.3) is 10.1 Å². The molecule has 98 valence electrons. The lowest BCUT2D eigenvalue weighted by molar-refractivity contribution is -0.123. The monoisotopic (exact) mass is 390 g/mol. The first-order valence-electron chi connectivity index (χ1n) is 5.43. The van der Waals surface area contributed by atoms with Crippen LogP contribution in [-0.4, -0.2) is 11.9 Å². The molecule has 2 aromatic rings. The number of rotatable bonds is 1. The maximum absolute atomic E-state index is 13.3. The second kappa shape index (κ2) is 4.14. The van der Waals surface area contributed by atoms with E-state index in [9.17, 15) is 14.0 Å². The molecule has 1 aliphatic rings. The highest BCUT2D eigenvalue weighted by Crippen LogP contribution is 2.40. The highest BCUT2D eigenvalue weighted by Gasteiger charge is 2.46. The third kappa shape index (κ3) is 1.83. The number of urea groups is 1. The van der Waals surface area contributed by atoms with Gasteiger partial charge >= 0.3 is 6.03 Å². The molecule has 19 heavy (non-hydrogen) atoms. The molecule has 1 aromatic carbocycles. The Morgan fingerprint density at radius 2 is 2.11 bits per heavy atom. The number of imide groups is 1. The molecule has 0 spiro atoms. The fourth-order valence-corrected chi connectivity index (χ4v) is 4.74. The van der Waals surface area contributed by atoms with Gasteiger partial charge in [-0.15, -0.1) is 11.3 Å². The molecule has 1 atom stereocenters. The summed E-state index contributed by atoms with van der Waals surface area (Å²) in [6, 6.07) is 4.00. The Morgan fingerprint density at radius 1 is 1.37 bits per heavy atom. The minimum Gasteiger partial charge on any atom is -0.319 e. The highest BCUT2D eigenvalue weighted by atomic mass is 127. The van der Waals surface area contributed by atoms with E-state index in [1.807, 2.05) is 0 Å². The first-order chi connectivity index (χ1) is 8.91. The number of benzene rings is 1. The average molecular weight is 390 g/mol. The number of halogens is 2. The molecule has 3 rings (SSSR count). The van der Waals surface area contributed by atoms with Crippen molar-refractivity contribution in [1.82, 2.24) is 10.6 Å². The van der Waals surface area contributed by atoms with E-state index in [0.717, 1.165) is 18.5 Å². The van der Waals surface area contributed by atoms with Crippen molar-refractivity contribution in [1.29, 1.82) is 0 Å². The van der Waals surface area contributed by atoms with E-state index in [1.165, 1.54) is 23.5 Å². The lowest BCUT2D eigenvalue weighted by Crippen LogP contribution is -2.40. The number of hydrogen-bond donors (Lipinski definition) is 2. The predicted molar refractivity (Wildman–Crippen MR) is 78.5 cm³/mol. The van der Waals surface area contributed by atoms with E-state index in [2.05, 4.69) is 33.2 Å². The second-order valence-corrected chi connectivity index (χ2v) is 6.55. The van der Waals surface area contributed by atoms with Crippen LogP contribution in [-0.2, 0) is 10.3 Å². The molecule has 1 aromatic heterocycles. The number of fused-ring (bicyclic) bond motifs is 1. The second-order valence-electron chi connectivity index (χ2n) is 4.42. The summed E-state index contributed by atoms with van der Waals surface area (Å²) in [5, 5.41) is 5.61. The summed E-state index contributed by atoms with van der Waals surface area (Å²) in [5.41, 5.74) is -1.09. The van der Waals surface area contributed by atoms with Gasteiger partial charge in [0.2, 0.25) is 0 Å². The fourth-order valence-electron chi connectivity index (χ4n) is 2.06. The number of thiophene rings is 1. The van der Waals surface area contributed by atoms with Crippen LogP contribution in [0, 0.1) is 9.39 Å². The minimum atomic E-state index is -1.09. The van der Waals surface area contributed by atoms with Gasteiger partial charge in [-0.1, -0.05) is 0 Å². The lowest BCUT2D eigenvalue weighted by atomic mass is 10.0. The van der Waals surface area contributed by atoms with Crippen LogP contribution in [0.15, 0.2) is 18.2 Å². The maximum Gasteiger partial charge on any atom is 0.322 e. The van der Waals surface area contributed by atoms with E-state index in [4.69, 9.17) is 0 Å². The van der Waals surface area contributed by atoms with Crippen molar-refractivity contribution < 1.29 is 14.0 Å². The van der Waals surface area contributed by atoms with E-state index in [0.29, 0.717) is 0 Å². The van der Waals surface area contributed by atoms with Crippen molar-refractivity contribution in [3.05, 3.63) is 32.5 Å². The molecule has 1 fully saturated rings. The van der Waals surface area contributed by atoms with Gasteiger partial charge < -0.3 is 5.32 Å². The summed E-state index contributed by atoms with van der Waals surface area (Å²) in [4.78, 5) is 24.0. The Kier molecular flexibility index (Phi) is 2.79. The SMILES string of the molecule is C[C@@]1(c2sc3ccc(F)cc3c2I)NC(=O)NC1=O. The maximum atomic E-state index is 13.3. The highest BCUT2D eigenvalue weighted by molar-refractivity contribution is 14.1. The smallest absolute Gasteiger partial charge is 0.319 e. The number of nitrogens with one attached hydrogen (secondary N) is 2. The summed E-state index contributed by atoms with van der Waals surface area (Å²) in [7, 11) is 0. The molecule has 2 N–H and O–H groups in total. The molecule has 0 saturated carbocycles. The number of hydrogen-bond acceptors (Lipinski definition) is 3. The Morgan fingerprint density at radius 3 is 2.74 bits per heavy atom. The molecule has 0 radical (unpaired) electrons. The third-order valence-corrected chi connectivity index (χ3v) is 5.97. The van der Waals surface area contributed by atoms with Gasteiger partial charge in [0.1, 0.15) is 5.82 Å². The molecular formula is C12H8FIN2O2S. The van der Waals surface area contributed by atoms with Gasteiger partial charge in [-0.25, -0.2) is 9.18 Å². The fraction of sp³-hybridized carbons (Fsp3) is 0.167. The van der Waals surface area contributed by atoms with Crippen LogP contribution in [0.4, 0.5) is 9.18 Å². The zero-order valence-corrected chi connectivity index (χ0v) is 12.7. The molecule has 0 aliphatic carbocycles. The normalized spacial score (nSPS) is 22.7. The van der Waals surface area contributed by atoms with Crippen LogP contribution >= 0.6 is 33.9 Å². The molecule has 7 heteroatoms. The zero-order chi connectivity index (χ0) is 13.8. The predicted octanol–water partition coefficient (Wildman–Crippen LogP) is 2.70. The Hall–Kier alpha value is -1.22.